The second-order valence-electron chi connectivity index (χ2n) is 4.61. The van der Waals surface area contributed by atoms with Crippen LogP contribution in [0.25, 0.3) is 0 Å². The normalized spacial score (nSPS) is 12.4. The molecule has 0 bridgehead atoms. The first-order chi connectivity index (χ1) is 9.10. The Hall–Kier alpha value is -1.32. The number of hydrogen-bond donors (Lipinski definition) is 1. The predicted octanol–water partition coefficient (Wildman–Crippen LogP) is 4.57. The highest BCUT2D eigenvalue weighted by atomic mass is 32.2. The summed E-state index contributed by atoms with van der Waals surface area (Å²) in [7, 11) is 1.88. The van der Waals surface area contributed by atoms with Gasteiger partial charge in [-0.3, -0.25) is 0 Å². The zero-order valence-electron chi connectivity index (χ0n) is 11.4. The van der Waals surface area contributed by atoms with Crippen molar-refractivity contribution in [2.24, 2.45) is 0 Å². The molecule has 2 aromatic rings. The molecule has 0 spiro atoms. The molecule has 2 rings (SSSR count). The van der Waals surface area contributed by atoms with Crippen molar-refractivity contribution in [3.63, 3.8) is 0 Å². The zero-order valence-corrected chi connectivity index (χ0v) is 12.2. The van der Waals surface area contributed by atoms with E-state index >= 15 is 0 Å². The number of nitrogens with one attached hydrogen (secondary N) is 1. The summed E-state index contributed by atoms with van der Waals surface area (Å²) in [6, 6.07) is 13.5. The third kappa shape index (κ3) is 3.58. The van der Waals surface area contributed by atoms with Crippen molar-refractivity contribution in [3.8, 4) is 0 Å². The highest BCUT2D eigenvalue weighted by molar-refractivity contribution is 7.99. The van der Waals surface area contributed by atoms with Gasteiger partial charge in [-0.2, -0.15) is 0 Å². The van der Waals surface area contributed by atoms with E-state index in [2.05, 4.69) is 36.5 Å². The third-order valence-electron chi connectivity index (χ3n) is 3.12. The van der Waals surface area contributed by atoms with Crippen molar-refractivity contribution in [3.05, 3.63) is 59.4 Å². The molecule has 1 nitrogen and oxygen atoms in total. The molecule has 0 fully saturated rings. The van der Waals surface area contributed by atoms with Crippen molar-refractivity contribution >= 4 is 11.8 Å². The lowest BCUT2D eigenvalue weighted by Gasteiger charge is -2.15. The lowest BCUT2D eigenvalue weighted by molar-refractivity contribution is 0.601. The molecule has 0 aliphatic rings. The Balaban J connectivity index is 2.31. The van der Waals surface area contributed by atoms with Crippen LogP contribution in [0.15, 0.2) is 52.3 Å². The molecule has 3 heteroatoms. The van der Waals surface area contributed by atoms with Crippen molar-refractivity contribution in [2.75, 3.05) is 7.05 Å². The van der Waals surface area contributed by atoms with Crippen LogP contribution in [0, 0.1) is 12.7 Å². The molecule has 0 aliphatic heterocycles. The monoisotopic (exact) mass is 275 g/mol. The summed E-state index contributed by atoms with van der Waals surface area (Å²) in [5.74, 6) is -0.189. The molecule has 0 radical (unpaired) electrons. The van der Waals surface area contributed by atoms with E-state index in [1.54, 1.807) is 17.8 Å². The van der Waals surface area contributed by atoms with E-state index in [-0.39, 0.29) is 11.9 Å². The van der Waals surface area contributed by atoms with Crippen molar-refractivity contribution in [1.82, 2.24) is 5.32 Å². The van der Waals surface area contributed by atoms with Crippen LogP contribution in [0.5, 0.6) is 0 Å². The van der Waals surface area contributed by atoms with Crippen LogP contribution in [0.1, 0.15) is 24.1 Å². The van der Waals surface area contributed by atoms with Crippen molar-refractivity contribution < 1.29 is 4.39 Å². The van der Waals surface area contributed by atoms with Gasteiger partial charge in [-0.1, -0.05) is 29.5 Å². The maximum Gasteiger partial charge on any atom is 0.123 e. The quantitative estimate of drug-likeness (QED) is 0.877. The standard InChI is InChI=1S/C16H18FNS/c1-11-4-7-14(8-5-11)19-16-9-6-13(17)10-15(16)12(2)18-3/h4-10,12,18H,1-3H3. The Morgan fingerprint density at radius 1 is 1.11 bits per heavy atom. The summed E-state index contributed by atoms with van der Waals surface area (Å²) in [6.07, 6.45) is 0. The molecular weight excluding hydrogens is 257 g/mol. The van der Waals surface area contributed by atoms with Gasteiger partial charge < -0.3 is 5.32 Å². The number of aryl methyl sites for hydroxylation is 1. The van der Waals surface area contributed by atoms with Gasteiger partial charge in [0.05, 0.1) is 0 Å². The van der Waals surface area contributed by atoms with Crippen molar-refractivity contribution in [2.45, 2.75) is 29.7 Å². The van der Waals surface area contributed by atoms with E-state index in [1.807, 2.05) is 20.0 Å². The molecule has 0 amide bonds. The van der Waals surface area contributed by atoms with Crippen LogP contribution < -0.4 is 5.32 Å². The summed E-state index contributed by atoms with van der Waals surface area (Å²) in [5.41, 5.74) is 2.24. The van der Waals surface area contributed by atoms with Gasteiger partial charge in [-0.05, 0) is 56.8 Å². The fourth-order valence-electron chi connectivity index (χ4n) is 1.84. The van der Waals surface area contributed by atoms with Gasteiger partial charge >= 0.3 is 0 Å². The first-order valence-corrected chi connectivity index (χ1v) is 7.13. The summed E-state index contributed by atoms with van der Waals surface area (Å²) >= 11 is 1.67. The Morgan fingerprint density at radius 2 is 1.79 bits per heavy atom. The Kier molecular flexibility index (Phi) is 4.61. The summed E-state index contributed by atoms with van der Waals surface area (Å²) in [4.78, 5) is 2.26. The van der Waals surface area contributed by atoms with E-state index in [0.29, 0.717) is 0 Å². The van der Waals surface area contributed by atoms with E-state index in [4.69, 9.17) is 0 Å². The Bertz CT molecular complexity index is 551. The van der Waals surface area contributed by atoms with E-state index in [9.17, 15) is 4.39 Å². The lowest BCUT2D eigenvalue weighted by atomic mass is 10.1. The molecule has 19 heavy (non-hydrogen) atoms. The zero-order chi connectivity index (χ0) is 13.8. The maximum atomic E-state index is 13.4. The van der Waals surface area contributed by atoms with E-state index in [0.717, 1.165) is 10.5 Å². The fourth-order valence-corrected chi connectivity index (χ4v) is 2.86. The smallest absolute Gasteiger partial charge is 0.123 e. The fraction of sp³-hybridized carbons (Fsp3) is 0.250. The van der Waals surface area contributed by atoms with Gasteiger partial charge in [0, 0.05) is 15.8 Å². The second-order valence-corrected chi connectivity index (χ2v) is 5.72. The molecule has 2 aromatic carbocycles. The van der Waals surface area contributed by atoms with Crippen LogP contribution in [0.4, 0.5) is 4.39 Å². The Labute approximate surface area is 118 Å². The number of halogens is 1. The average Bonchev–Trinajstić information content (AvgIpc) is 2.42. The minimum absolute atomic E-state index is 0.128. The van der Waals surface area contributed by atoms with Gasteiger partial charge in [-0.25, -0.2) is 4.39 Å². The summed E-state index contributed by atoms with van der Waals surface area (Å²) < 4.78 is 13.4. The van der Waals surface area contributed by atoms with Gasteiger partial charge in [0.1, 0.15) is 5.82 Å². The first kappa shape index (κ1) is 14.1. The highest BCUT2D eigenvalue weighted by Gasteiger charge is 2.11. The van der Waals surface area contributed by atoms with Crippen LogP contribution >= 0.6 is 11.8 Å². The van der Waals surface area contributed by atoms with Crippen molar-refractivity contribution in [1.29, 1.82) is 0 Å². The Morgan fingerprint density at radius 3 is 2.42 bits per heavy atom. The van der Waals surface area contributed by atoms with Gasteiger partial charge in [0.15, 0.2) is 0 Å². The number of benzene rings is 2. The third-order valence-corrected chi connectivity index (χ3v) is 4.22. The molecule has 1 atom stereocenters. The number of rotatable bonds is 4. The maximum absolute atomic E-state index is 13.4. The summed E-state index contributed by atoms with van der Waals surface area (Å²) in [5, 5.41) is 3.16. The van der Waals surface area contributed by atoms with Gasteiger partial charge in [0.2, 0.25) is 0 Å². The molecule has 1 unspecified atom stereocenters. The predicted molar refractivity (Wildman–Crippen MR) is 79.2 cm³/mol. The van der Waals surface area contributed by atoms with E-state index in [1.165, 1.54) is 16.5 Å². The lowest BCUT2D eigenvalue weighted by Crippen LogP contribution is -2.13. The number of hydrogen-bond acceptors (Lipinski definition) is 2. The van der Waals surface area contributed by atoms with Crippen LogP contribution in [-0.2, 0) is 0 Å². The van der Waals surface area contributed by atoms with Crippen LogP contribution in [0.3, 0.4) is 0 Å². The molecule has 100 valence electrons. The SMILES string of the molecule is CNC(C)c1cc(F)ccc1Sc1ccc(C)cc1. The second kappa shape index (κ2) is 6.22. The minimum Gasteiger partial charge on any atom is -0.313 e. The molecule has 0 saturated carbocycles. The molecule has 1 N–H and O–H groups in total. The van der Waals surface area contributed by atoms with E-state index < -0.39 is 0 Å². The average molecular weight is 275 g/mol. The molecule has 0 heterocycles. The summed E-state index contributed by atoms with van der Waals surface area (Å²) in [6.45, 7) is 4.11. The van der Waals surface area contributed by atoms with Gasteiger partial charge in [-0.15, -0.1) is 0 Å². The molecule has 0 aliphatic carbocycles. The van der Waals surface area contributed by atoms with Gasteiger partial charge in [0.25, 0.3) is 0 Å². The highest BCUT2D eigenvalue weighted by Crippen LogP contribution is 2.33. The minimum atomic E-state index is -0.189. The molecule has 0 aromatic heterocycles. The van der Waals surface area contributed by atoms with Crippen LogP contribution in [-0.4, -0.2) is 7.05 Å². The largest absolute Gasteiger partial charge is 0.313 e. The topological polar surface area (TPSA) is 12.0 Å². The molecule has 0 saturated heterocycles. The molecular formula is C16H18FNS. The first-order valence-electron chi connectivity index (χ1n) is 6.31. The van der Waals surface area contributed by atoms with Crippen LogP contribution in [0.2, 0.25) is 0 Å².